The van der Waals surface area contributed by atoms with Crippen LogP contribution in [0.4, 0.5) is 10.5 Å². The van der Waals surface area contributed by atoms with Gasteiger partial charge in [-0.2, -0.15) is 0 Å². The topological polar surface area (TPSA) is 108 Å². The van der Waals surface area contributed by atoms with Gasteiger partial charge in [0, 0.05) is 18.7 Å². The highest BCUT2D eigenvalue weighted by atomic mass is 16.6. The van der Waals surface area contributed by atoms with Gasteiger partial charge in [-0.15, -0.1) is 0 Å². The first-order valence-corrected chi connectivity index (χ1v) is 15.4. The molecule has 0 aliphatic carbocycles. The molecular formula is C37H43N3O5. The predicted octanol–water partition coefficient (Wildman–Crippen LogP) is 7.16. The highest BCUT2D eigenvalue weighted by Gasteiger charge is 2.36. The van der Waals surface area contributed by atoms with E-state index in [1.165, 1.54) is 12.1 Å². The number of alkyl carbamates (subject to hydrolysis) is 1. The van der Waals surface area contributed by atoms with E-state index >= 15 is 0 Å². The summed E-state index contributed by atoms with van der Waals surface area (Å²) in [6.45, 7) is 9.52. The van der Waals surface area contributed by atoms with E-state index in [1.54, 1.807) is 37.8 Å². The van der Waals surface area contributed by atoms with Crippen molar-refractivity contribution in [1.82, 2.24) is 10.2 Å². The average molecular weight is 610 g/mol. The normalized spacial score (nSPS) is 12.6. The number of phenolic OH excluding ortho intramolecular Hbond substituents is 1. The second-order valence-corrected chi connectivity index (χ2v) is 12.1. The minimum Gasteiger partial charge on any atom is -0.508 e. The van der Waals surface area contributed by atoms with E-state index in [0.29, 0.717) is 17.7 Å². The van der Waals surface area contributed by atoms with Crippen molar-refractivity contribution < 1.29 is 24.2 Å². The number of amides is 3. The molecule has 2 unspecified atom stereocenters. The van der Waals surface area contributed by atoms with Gasteiger partial charge in [-0.3, -0.25) is 9.59 Å². The van der Waals surface area contributed by atoms with Crippen LogP contribution in [0.15, 0.2) is 91.0 Å². The van der Waals surface area contributed by atoms with Crippen LogP contribution in [0.5, 0.6) is 5.75 Å². The molecule has 3 amide bonds. The maximum absolute atomic E-state index is 14.5. The highest BCUT2D eigenvalue weighted by molar-refractivity contribution is 6.00. The summed E-state index contributed by atoms with van der Waals surface area (Å²) >= 11 is 0. The Morgan fingerprint density at radius 1 is 0.844 bits per heavy atom. The number of ether oxygens (including phenoxy) is 1. The number of rotatable bonds is 11. The maximum Gasteiger partial charge on any atom is 0.408 e. The summed E-state index contributed by atoms with van der Waals surface area (Å²) in [6, 6.07) is 25.7. The minimum absolute atomic E-state index is 0.0929. The molecule has 0 radical (unpaired) electrons. The SMILES string of the molecule is CCCN(C(=O)C(Cc1ccc(O)cc1)NC(=O)OC(C)(C)C)C(C(=O)Nc1ccc2ccccc2c1)c1ccc(CC)cc1. The first-order chi connectivity index (χ1) is 21.5. The van der Waals surface area contributed by atoms with Gasteiger partial charge in [-0.1, -0.05) is 80.6 Å². The number of aryl methyl sites for hydroxylation is 1. The molecule has 236 valence electrons. The lowest BCUT2D eigenvalue weighted by molar-refractivity contribution is -0.140. The molecule has 0 saturated heterocycles. The molecule has 45 heavy (non-hydrogen) atoms. The number of carbonyl (C=O) groups is 3. The van der Waals surface area contributed by atoms with Gasteiger partial charge < -0.3 is 25.4 Å². The molecule has 0 spiro atoms. The fourth-order valence-corrected chi connectivity index (χ4v) is 5.21. The van der Waals surface area contributed by atoms with Crippen molar-refractivity contribution in [3.8, 4) is 5.75 Å². The molecule has 0 aliphatic heterocycles. The Labute approximate surface area is 265 Å². The summed E-state index contributed by atoms with van der Waals surface area (Å²) in [5, 5.41) is 17.6. The molecule has 0 saturated carbocycles. The van der Waals surface area contributed by atoms with Gasteiger partial charge in [0.2, 0.25) is 5.91 Å². The van der Waals surface area contributed by atoms with E-state index < -0.39 is 29.7 Å². The fraction of sp³-hybridized carbons (Fsp3) is 0.324. The van der Waals surface area contributed by atoms with Gasteiger partial charge in [0.1, 0.15) is 23.4 Å². The van der Waals surface area contributed by atoms with E-state index in [1.807, 2.05) is 73.7 Å². The number of nitrogens with zero attached hydrogens (tertiary/aromatic N) is 1. The van der Waals surface area contributed by atoms with Crippen molar-refractivity contribution in [2.45, 2.75) is 71.6 Å². The van der Waals surface area contributed by atoms with Crippen LogP contribution in [0.25, 0.3) is 10.8 Å². The molecule has 2 atom stereocenters. The number of aromatic hydroxyl groups is 1. The molecule has 0 bridgehead atoms. The molecular weight excluding hydrogens is 566 g/mol. The zero-order valence-electron chi connectivity index (χ0n) is 26.7. The molecule has 0 aliphatic rings. The quantitative estimate of drug-likeness (QED) is 0.167. The molecule has 4 rings (SSSR count). The van der Waals surface area contributed by atoms with Gasteiger partial charge in [-0.25, -0.2) is 4.79 Å². The second-order valence-electron chi connectivity index (χ2n) is 12.1. The lowest BCUT2D eigenvalue weighted by atomic mass is 9.98. The van der Waals surface area contributed by atoms with Crippen LogP contribution in [0.3, 0.4) is 0 Å². The summed E-state index contributed by atoms with van der Waals surface area (Å²) in [5.41, 5.74) is 2.33. The lowest BCUT2D eigenvalue weighted by Crippen LogP contribution is -2.53. The van der Waals surface area contributed by atoms with Crippen LogP contribution < -0.4 is 10.6 Å². The molecule has 8 heteroatoms. The summed E-state index contributed by atoms with van der Waals surface area (Å²) in [5.74, 6) is -0.693. The van der Waals surface area contributed by atoms with Crippen LogP contribution in [0.2, 0.25) is 0 Å². The van der Waals surface area contributed by atoms with Crippen LogP contribution >= 0.6 is 0 Å². The number of anilines is 1. The number of carbonyl (C=O) groups excluding carboxylic acids is 3. The Bertz CT molecular complexity index is 1610. The maximum atomic E-state index is 14.5. The van der Waals surface area contributed by atoms with Crippen LogP contribution in [-0.4, -0.2) is 46.1 Å². The molecule has 0 heterocycles. The lowest BCUT2D eigenvalue weighted by Gasteiger charge is -2.34. The number of hydrogen-bond acceptors (Lipinski definition) is 5. The first kappa shape index (κ1) is 33.1. The largest absolute Gasteiger partial charge is 0.508 e. The molecule has 0 fully saturated rings. The first-order valence-electron chi connectivity index (χ1n) is 15.4. The predicted molar refractivity (Wildman–Crippen MR) is 178 cm³/mol. The number of hydrogen-bond donors (Lipinski definition) is 3. The fourth-order valence-electron chi connectivity index (χ4n) is 5.21. The zero-order chi connectivity index (χ0) is 32.6. The molecule has 4 aromatic carbocycles. The Kier molecular flexibility index (Phi) is 10.8. The Morgan fingerprint density at radius 2 is 1.49 bits per heavy atom. The number of benzene rings is 4. The van der Waals surface area contributed by atoms with Crippen LogP contribution in [0, 0.1) is 0 Å². The van der Waals surface area contributed by atoms with Crippen molar-refractivity contribution in [1.29, 1.82) is 0 Å². The third-order valence-electron chi connectivity index (χ3n) is 7.39. The van der Waals surface area contributed by atoms with E-state index in [-0.39, 0.29) is 24.6 Å². The van der Waals surface area contributed by atoms with Gasteiger partial charge in [-0.05, 0) is 85.3 Å². The summed E-state index contributed by atoms with van der Waals surface area (Å²) in [6.07, 6.45) is 0.810. The van der Waals surface area contributed by atoms with E-state index in [9.17, 15) is 19.5 Å². The van der Waals surface area contributed by atoms with Gasteiger partial charge in [0.05, 0.1) is 0 Å². The van der Waals surface area contributed by atoms with E-state index in [4.69, 9.17) is 4.74 Å². The number of nitrogens with one attached hydrogen (secondary N) is 2. The van der Waals surface area contributed by atoms with Gasteiger partial charge >= 0.3 is 6.09 Å². The van der Waals surface area contributed by atoms with E-state index in [2.05, 4.69) is 17.6 Å². The van der Waals surface area contributed by atoms with Crippen molar-refractivity contribution in [3.63, 3.8) is 0 Å². The molecule has 8 nitrogen and oxygen atoms in total. The molecule has 0 aromatic heterocycles. The van der Waals surface area contributed by atoms with Crippen molar-refractivity contribution >= 4 is 34.4 Å². The molecule has 4 aromatic rings. The molecule has 3 N–H and O–H groups in total. The number of fused-ring (bicyclic) bond motifs is 1. The van der Waals surface area contributed by atoms with Crippen LogP contribution in [-0.2, 0) is 27.2 Å². The standard InChI is InChI=1S/C37H43N3O5/c1-6-22-40(35(43)32(39-36(44)45-37(3,4)5)23-26-14-20-31(41)21-15-26)33(28-16-12-25(7-2)13-17-28)34(42)38-30-19-18-27-10-8-9-11-29(27)24-30/h8-21,24,32-33,41H,6-7,22-23H2,1-5H3,(H,38,42)(H,39,44). The highest BCUT2D eigenvalue weighted by Crippen LogP contribution is 2.27. The zero-order valence-corrected chi connectivity index (χ0v) is 26.7. The average Bonchev–Trinajstić information content (AvgIpc) is 3.00. The summed E-state index contributed by atoms with van der Waals surface area (Å²) < 4.78 is 5.51. The van der Waals surface area contributed by atoms with Gasteiger partial charge in [0.15, 0.2) is 0 Å². The smallest absolute Gasteiger partial charge is 0.408 e. The minimum atomic E-state index is -1.04. The third-order valence-corrected chi connectivity index (χ3v) is 7.39. The second kappa shape index (κ2) is 14.8. The third kappa shape index (κ3) is 9.08. The van der Waals surface area contributed by atoms with E-state index in [0.717, 1.165) is 28.3 Å². The van der Waals surface area contributed by atoms with Crippen LogP contribution in [0.1, 0.15) is 63.8 Å². The van der Waals surface area contributed by atoms with Crippen molar-refractivity contribution in [3.05, 3.63) is 108 Å². The monoisotopic (exact) mass is 609 g/mol. The Hall–Kier alpha value is -4.85. The summed E-state index contributed by atoms with van der Waals surface area (Å²) in [4.78, 5) is 43.2. The van der Waals surface area contributed by atoms with Crippen molar-refractivity contribution in [2.75, 3.05) is 11.9 Å². The Morgan fingerprint density at radius 3 is 2.11 bits per heavy atom. The summed E-state index contributed by atoms with van der Waals surface area (Å²) in [7, 11) is 0. The Balaban J connectivity index is 1.73. The van der Waals surface area contributed by atoms with Crippen molar-refractivity contribution in [2.24, 2.45) is 0 Å². The number of phenols is 1. The van der Waals surface area contributed by atoms with Gasteiger partial charge in [0.25, 0.3) is 5.91 Å².